The van der Waals surface area contributed by atoms with E-state index in [-0.39, 0.29) is 18.9 Å². The van der Waals surface area contributed by atoms with E-state index in [1.807, 2.05) is 0 Å². The van der Waals surface area contributed by atoms with Gasteiger partial charge in [-0.2, -0.15) is 0 Å². The van der Waals surface area contributed by atoms with E-state index in [0.29, 0.717) is 0 Å². The van der Waals surface area contributed by atoms with Crippen molar-refractivity contribution in [2.24, 2.45) is 5.73 Å². The summed E-state index contributed by atoms with van der Waals surface area (Å²) in [6.45, 7) is 0.839. The lowest BCUT2D eigenvalue weighted by atomic mass is 9.80. The lowest BCUT2D eigenvalue weighted by molar-refractivity contribution is -0.156. The van der Waals surface area contributed by atoms with Gasteiger partial charge in [-0.25, -0.2) is 4.79 Å². The summed E-state index contributed by atoms with van der Waals surface area (Å²) < 4.78 is 0. The largest absolute Gasteiger partial charge is 0.479 e. The van der Waals surface area contributed by atoms with Crippen LogP contribution < -0.4 is 11.1 Å². The lowest BCUT2D eigenvalue weighted by Gasteiger charge is -2.33. The molecule has 0 saturated heterocycles. The van der Waals surface area contributed by atoms with Crippen LogP contribution in [0.1, 0.15) is 45.4 Å². The van der Waals surface area contributed by atoms with Crippen LogP contribution in [0.15, 0.2) is 0 Å². The zero-order chi connectivity index (χ0) is 13.8. The number of aliphatic hydroxyl groups is 1. The molecule has 1 aliphatic carbocycles. The summed E-state index contributed by atoms with van der Waals surface area (Å²) in [5.41, 5.74) is 3.70. The highest BCUT2D eigenvalue weighted by Crippen LogP contribution is 2.28. The second-order valence-electron chi connectivity index (χ2n) is 5.46. The van der Waals surface area contributed by atoms with Crippen LogP contribution in [0.2, 0.25) is 0 Å². The van der Waals surface area contributed by atoms with Crippen molar-refractivity contribution in [1.29, 1.82) is 0 Å². The second-order valence-corrected chi connectivity index (χ2v) is 5.46. The van der Waals surface area contributed by atoms with Gasteiger partial charge in [0.15, 0.2) is 5.60 Å². The minimum absolute atomic E-state index is 0.183. The number of nitrogens with one attached hydrogen (secondary N) is 1. The van der Waals surface area contributed by atoms with Crippen molar-refractivity contribution < 1.29 is 19.8 Å². The molecule has 0 aliphatic heterocycles. The molecule has 1 fully saturated rings. The van der Waals surface area contributed by atoms with E-state index in [4.69, 9.17) is 10.8 Å². The SMILES string of the molecule is CC(O)(CNC(=O)CC1(N)CCCCC1)C(=O)O. The van der Waals surface area contributed by atoms with Gasteiger partial charge in [-0.05, 0) is 19.8 Å². The average molecular weight is 258 g/mol. The minimum Gasteiger partial charge on any atom is -0.479 e. The zero-order valence-corrected chi connectivity index (χ0v) is 10.7. The molecular formula is C12H22N2O4. The normalized spacial score (nSPS) is 21.9. The van der Waals surface area contributed by atoms with Crippen LogP contribution in [0.5, 0.6) is 0 Å². The summed E-state index contributed by atoms with van der Waals surface area (Å²) in [6.07, 6.45) is 5.01. The first-order chi connectivity index (χ1) is 8.25. The second kappa shape index (κ2) is 5.67. The van der Waals surface area contributed by atoms with Crippen LogP contribution in [-0.4, -0.2) is 39.8 Å². The molecule has 1 amide bonds. The molecule has 6 heteroatoms. The van der Waals surface area contributed by atoms with Gasteiger partial charge < -0.3 is 21.3 Å². The number of rotatable bonds is 5. The van der Waals surface area contributed by atoms with Gasteiger partial charge in [-0.3, -0.25) is 4.79 Å². The fourth-order valence-electron chi connectivity index (χ4n) is 2.16. The maximum absolute atomic E-state index is 11.7. The van der Waals surface area contributed by atoms with Crippen LogP contribution >= 0.6 is 0 Å². The van der Waals surface area contributed by atoms with E-state index in [2.05, 4.69) is 5.32 Å². The Balaban J connectivity index is 2.40. The molecule has 1 aliphatic rings. The van der Waals surface area contributed by atoms with Crippen molar-refractivity contribution in [3.05, 3.63) is 0 Å². The number of carbonyl (C=O) groups is 2. The molecule has 6 nitrogen and oxygen atoms in total. The van der Waals surface area contributed by atoms with Crippen molar-refractivity contribution >= 4 is 11.9 Å². The Kier molecular flexibility index (Phi) is 4.70. The van der Waals surface area contributed by atoms with Crippen LogP contribution in [0.4, 0.5) is 0 Å². The fraction of sp³-hybridized carbons (Fsp3) is 0.833. The molecule has 0 radical (unpaired) electrons. The molecule has 1 saturated carbocycles. The molecule has 5 N–H and O–H groups in total. The summed E-state index contributed by atoms with van der Waals surface area (Å²) in [7, 11) is 0. The smallest absolute Gasteiger partial charge is 0.337 e. The lowest BCUT2D eigenvalue weighted by Crippen LogP contribution is -2.50. The molecule has 0 heterocycles. The van der Waals surface area contributed by atoms with E-state index < -0.39 is 17.1 Å². The van der Waals surface area contributed by atoms with Crippen molar-refractivity contribution in [1.82, 2.24) is 5.32 Å². The minimum atomic E-state index is -1.94. The first-order valence-corrected chi connectivity index (χ1v) is 6.27. The molecule has 0 bridgehead atoms. The van der Waals surface area contributed by atoms with Crippen LogP contribution in [0, 0.1) is 0 Å². The summed E-state index contributed by atoms with van der Waals surface area (Å²) in [5.74, 6) is -1.66. The molecule has 0 aromatic carbocycles. The zero-order valence-electron chi connectivity index (χ0n) is 10.7. The summed E-state index contributed by atoms with van der Waals surface area (Å²) in [6, 6.07) is 0. The van der Waals surface area contributed by atoms with Gasteiger partial charge in [0.05, 0.1) is 6.54 Å². The summed E-state index contributed by atoms with van der Waals surface area (Å²) in [4.78, 5) is 22.4. The van der Waals surface area contributed by atoms with Gasteiger partial charge in [0.25, 0.3) is 0 Å². The predicted molar refractivity (Wildman–Crippen MR) is 65.9 cm³/mol. The molecule has 104 valence electrons. The van der Waals surface area contributed by atoms with Crippen molar-refractivity contribution in [2.75, 3.05) is 6.54 Å². The third-order valence-corrected chi connectivity index (χ3v) is 3.45. The van der Waals surface area contributed by atoms with Gasteiger partial charge in [-0.1, -0.05) is 19.3 Å². The Bertz CT molecular complexity index is 322. The molecule has 0 aromatic rings. The maximum Gasteiger partial charge on any atom is 0.337 e. The Morgan fingerprint density at radius 3 is 2.39 bits per heavy atom. The third kappa shape index (κ3) is 4.27. The summed E-state index contributed by atoms with van der Waals surface area (Å²) in [5, 5.41) is 20.6. The molecule has 0 aromatic heterocycles. The Morgan fingerprint density at radius 2 is 1.89 bits per heavy atom. The number of carboxylic acids is 1. The van der Waals surface area contributed by atoms with E-state index in [1.54, 1.807) is 0 Å². The van der Waals surface area contributed by atoms with Crippen molar-refractivity contribution in [2.45, 2.75) is 56.6 Å². The number of carbonyl (C=O) groups excluding carboxylic acids is 1. The molecular weight excluding hydrogens is 236 g/mol. The molecule has 0 spiro atoms. The van der Waals surface area contributed by atoms with Gasteiger partial charge in [0, 0.05) is 12.0 Å². The molecule has 1 atom stereocenters. The molecule has 1 rings (SSSR count). The number of amides is 1. The average Bonchev–Trinajstić information content (AvgIpc) is 2.26. The maximum atomic E-state index is 11.7. The first-order valence-electron chi connectivity index (χ1n) is 6.27. The quantitative estimate of drug-likeness (QED) is 0.554. The fourth-order valence-corrected chi connectivity index (χ4v) is 2.16. The number of hydrogen-bond donors (Lipinski definition) is 4. The van der Waals surface area contributed by atoms with Crippen molar-refractivity contribution in [3.8, 4) is 0 Å². The van der Waals surface area contributed by atoms with Gasteiger partial charge >= 0.3 is 5.97 Å². The highest BCUT2D eigenvalue weighted by atomic mass is 16.4. The predicted octanol–water partition coefficient (Wildman–Crippen LogP) is -0.0101. The van der Waals surface area contributed by atoms with Crippen LogP contribution in [-0.2, 0) is 9.59 Å². The molecule has 18 heavy (non-hydrogen) atoms. The number of carboxylic acid groups (broad SMARTS) is 1. The van der Waals surface area contributed by atoms with Gasteiger partial charge in [0.2, 0.25) is 5.91 Å². The highest BCUT2D eigenvalue weighted by Gasteiger charge is 2.33. The van der Waals surface area contributed by atoms with Crippen LogP contribution in [0.25, 0.3) is 0 Å². The number of aliphatic carboxylic acids is 1. The van der Waals surface area contributed by atoms with E-state index in [0.717, 1.165) is 39.0 Å². The van der Waals surface area contributed by atoms with Gasteiger partial charge in [-0.15, -0.1) is 0 Å². The third-order valence-electron chi connectivity index (χ3n) is 3.45. The number of nitrogens with two attached hydrogens (primary N) is 1. The van der Waals surface area contributed by atoms with Crippen molar-refractivity contribution in [3.63, 3.8) is 0 Å². The Morgan fingerprint density at radius 1 is 1.33 bits per heavy atom. The van der Waals surface area contributed by atoms with Gasteiger partial charge in [0.1, 0.15) is 0 Å². The molecule has 1 unspecified atom stereocenters. The van der Waals surface area contributed by atoms with Crippen LogP contribution in [0.3, 0.4) is 0 Å². The van der Waals surface area contributed by atoms with E-state index in [1.165, 1.54) is 0 Å². The standard InChI is InChI=1S/C12H22N2O4/c1-11(18,10(16)17)8-14-9(15)7-12(13)5-3-2-4-6-12/h18H,2-8,13H2,1H3,(H,14,15)(H,16,17). The first kappa shape index (κ1) is 14.9. The summed E-state index contributed by atoms with van der Waals surface area (Å²) >= 11 is 0. The Hall–Kier alpha value is -1.14. The topological polar surface area (TPSA) is 113 Å². The monoisotopic (exact) mass is 258 g/mol. The number of hydrogen-bond acceptors (Lipinski definition) is 4. The highest BCUT2D eigenvalue weighted by molar-refractivity contribution is 5.80. The van der Waals surface area contributed by atoms with E-state index in [9.17, 15) is 14.7 Å². The van der Waals surface area contributed by atoms with E-state index >= 15 is 0 Å². The Labute approximate surface area is 107 Å².